The maximum absolute atomic E-state index is 12.5. The van der Waals surface area contributed by atoms with E-state index in [-0.39, 0.29) is 17.6 Å². The summed E-state index contributed by atoms with van der Waals surface area (Å²) in [6.45, 7) is 0. The number of para-hydroxylation sites is 1. The zero-order valence-electron chi connectivity index (χ0n) is 15.2. The molecule has 9 heteroatoms. The van der Waals surface area contributed by atoms with Crippen molar-refractivity contribution in [3.63, 3.8) is 0 Å². The Balaban J connectivity index is 1.80. The van der Waals surface area contributed by atoms with Gasteiger partial charge in [-0.3, -0.25) is 19.3 Å². The van der Waals surface area contributed by atoms with E-state index in [1.54, 1.807) is 30.0 Å². The first-order valence-corrected chi connectivity index (χ1v) is 10.00. The lowest BCUT2D eigenvalue weighted by Gasteiger charge is -2.15. The second-order valence-electron chi connectivity index (χ2n) is 5.98. The van der Waals surface area contributed by atoms with Crippen LogP contribution in [0, 0.1) is 10.1 Å². The molecule has 8 nitrogen and oxygen atoms in total. The highest BCUT2D eigenvalue weighted by atomic mass is 32.2. The molecule has 0 saturated carbocycles. The van der Waals surface area contributed by atoms with E-state index in [1.165, 1.54) is 18.2 Å². The number of nitro groups is 1. The summed E-state index contributed by atoms with van der Waals surface area (Å²) in [4.78, 5) is 23.1. The highest BCUT2D eigenvalue weighted by Crippen LogP contribution is 2.20. The van der Waals surface area contributed by atoms with E-state index < -0.39 is 4.92 Å². The number of benzene rings is 1. The van der Waals surface area contributed by atoms with E-state index >= 15 is 0 Å². The summed E-state index contributed by atoms with van der Waals surface area (Å²) in [5, 5.41) is 22.4. The number of hydrogen-bond donors (Lipinski definition) is 1. The van der Waals surface area contributed by atoms with E-state index in [0.29, 0.717) is 23.5 Å². The van der Waals surface area contributed by atoms with Crippen LogP contribution in [0.4, 0.5) is 5.69 Å². The molecule has 2 aromatic heterocycles. The molecule has 1 atom stereocenters. The van der Waals surface area contributed by atoms with Crippen LogP contribution in [0.5, 0.6) is 0 Å². The molecule has 3 rings (SSSR count). The number of carbonyl (C=O) groups excluding carboxylic acids is 1. The number of rotatable bonds is 8. The van der Waals surface area contributed by atoms with Crippen LogP contribution >= 0.6 is 11.8 Å². The topological polar surface area (TPSA) is 102 Å². The van der Waals surface area contributed by atoms with Gasteiger partial charge in [0.1, 0.15) is 0 Å². The first kappa shape index (κ1) is 19.6. The van der Waals surface area contributed by atoms with Crippen molar-refractivity contribution in [3.8, 4) is 0 Å². The molecule has 1 N–H and O–H groups in total. The number of nitrogens with zero attached hydrogens (tertiary/aromatic N) is 4. The van der Waals surface area contributed by atoms with Gasteiger partial charge in [0.15, 0.2) is 11.5 Å². The highest BCUT2D eigenvalue weighted by molar-refractivity contribution is 7.98. The minimum atomic E-state index is -0.471. The van der Waals surface area contributed by atoms with Gasteiger partial charge in [0.2, 0.25) is 5.91 Å². The summed E-state index contributed by atoms with van der Waals surface area (Å²) in [5.74, 6) is 1.13. The summed E-state index contributed by atoms with van der Waals surface area (Å²) in [7, 11) is 0. The van der Waals surface area contributed by atoms with E-state index in [2.05, 4.69) is 15.5 Å². The first-order valence-electron chi connectivity index (χ1n) is 8.60. The lowest BCUT2D eigenvalue weighted by molar-refractivity contribution is -0.385. The molecule has 0 spiro atoms. The zero-order chi connectivity index (χ0) is 19.9. The van der Waals surface area contributed by atoms with Gasteiger partial charge in [0, 0.05) is 18.3 Å². The fourth-order valence-corrected chi connectivity index (χ4v) is 3.25. The van der Waals surface area contributed by atoms with Crippen LogP contribution in [0.15, 0.2) is 54.7 Å². The molecule has 0 bridgehead atoms. The van der Waals surface area contributed by atoms with Gasteiger partial charge in [-0.15, -0.1) is 10.2 Å². The normalized spacial score (nSPS) is 12.3. The number of carbonyl (C=O) groups is 1. The van der Waals surface area contributed by atoms with Crippen LogP contribution in [-0.4, -0.2) is 37.4 Å². The molecule has 0 saturated heterocycles. The average molecular weight is 397 g/mol. The SMILES string of the molecule is CSCCC(NC(=O)/C=C\c1ccccc1[N+](=O)[O-])c1nnc2ccccn12. The molecular formula is C19H19N5O3S. The maximum atomic E-state index is 12.5. The van der Waals surface area contributed by atoms with E-state index in [9.17, 15) is 14.9 Å². The first-order chi connectivity index (χ1) is 13.6. The minimum Gasteiger partial charge on any atom is -0.342 e. The van der Waals surface area contributed by atoms with Crippen LogP contribution in [0.1, 0.15) is 23.9 Å². The van der Waals surface area contributed by atoms with Gasteiger partial charge in [-0.1, -0.05) is 18.2 Å². The van der Waals surface area contributed by atoms with Crippen LogP contribution < -0.4 is 5.32 Å². The Morgan fingerprint density at radius 2 is 2.07 bits per heavy atom. The largest absolute Gasteiger partial charge is 0.342 e. The van der Waals surface area contributed by atoms with Crippen molar-refractivity contribution >= 4 is 35.1 Å². The molecule has 1 unspecified atom stereocenters. The third-order valence-corrected chi connectivity index (χ3v) is 4.77. The van der Waals surface area contributed by atoms with Gasteiger partial charge in [0.25, 0.3) is 5.69 Å². The number of fused-ring (bicyclic) bond motifs is 1. The van der Waals surface area contributed by atoms with Crippen LogP contribution in [-0.2, 0) is 4.79 Å². The molecule has 1 amide bonds. The molecule has 2 heterocycles. The molecule has 0 radical (unpaired) electrons. The smallest absolute Gasteiger partial charge is 0.276 e. The van der Waals surface area contributed by atoms with Gasteiger partial charge in [-0.2, -0.15) is 11.8 Å². The van der Waals surface area contributed by atoms with Gasteiger partial charge in [-0.05, 0) is 42.7 Å². The van der Waals surface area contributed by atoms with Crippen molar-refractivity contribution in [1.29, 1.82) is 0 Å². The molecule has 1 aromatic carbocycles. The quantitative estimate of drug-likeness (QED) is 0.356. The Hall–Kier alpha value is -3.20. The van der Waals surface area contributed by atoms with Crippen LogP contribution in [0.3, 0.4) is 0 Å². The number of nitro benzene ring substituents is 1. The standard InChI is InChI=1S/C19H19N5O3S/c1-28-13-11-15(19-22-21-17-8-4-5-12-23(17)19)20-18(25)10-9-14-6-2-3-7-16(14)24(26)27/h2-10,12,15H,11,13H2,1H3,(H,20,25)/b10-9-. The molecule has 3 aromatic rings. The van der Waals surface area contributed by atoms with Crippen LogP contribution in [0.2, 0.25) is 0 Å². The van der Waals surface area contributed by atoms with Gasteiger partial charge in [0.05, 0.1) is 16.5 Å². The third kappa shape index (κ3) is 4.55. The number of nitrogens with one attached hydrogen (secondary N) is 1. The molecule has 0 aliphatic rings. The summed E-state index contributed by atoms with van der Waals surface area (Å²) in [6.07, 6.45) is 7.28. The van der Waals surface area contributed by atoms with Gasteiger partial charge < -0.3 is 5.32 Å². The Morgan fingerprint density at radius 1 is 1.29 bits per heavy atom. The molecule has 0 fully saturated rings. The van der Waals surface area contributed by atoms with Crippen molar-refractivity contribution < 1.29 is 9.72 Å². The number of hydrogen-bond acceptors (Lipinski definition) is 6. The molecule has 144 valence electrons. The zero-order valence-corrected chi connectivity index (χ0v) is 16.0. The lowest BCUT2D eigenvalue weighted by atomic mass is 10.1. The van der Waals surface area contributed by atoms with E-state index in [1.807, 2.05) is 35.1 Å². The number of pyridine rings is 1. The summed E-state index contributed by atoms with van der Waals surface area (Å²) in [5.41, 5.74) is 1.03. The Labute approximate surface area is 165 Å². The predicted molar refractivity (Wildman–Crippen MR) is 109 cm³/mol. The summed E-state index contributed by atoms with van der Waals surface area (Å²) < 4.78 is 1.84. The van der Waals surface area contributed by atoms with Crippen molar-refractivity contribution in [2.24, 2.45) is 0 Å². The van der Waals surface area contributed by atoms with Crippen molar-refractivity contribution in [3.05, 3.63) is 76.2 Å². The van der Waals surface area contributed by atoms with Crippen LogP contribution in [0.25, 0.3) is 11.7 Å². The van der Waals surface area contributed by atoms with Gasteiger partial charge in [-0.25, -0.2) is 0 Å². The van der Waals surface area contributed by atoms with Gasteiger partial charge >= 0.3 is 0 Å². The van der Waals surface area contributed by atoms with Crippen molar-refractivity contribution in [2.45, 2.75) is 12.5 Å². The lowest BCUT2D eigenvalue weighted by Crippen LogP contribution is -2.29. The fourth-order valence-electron chi connectivity index (χ4n) is 2.78. The number of thioether (sulfide) groups is 1. The molecule has 0 aliphatic heterocycles. The molecule has 0 aliphatic carbocycles. The average Bonchev–Trinajstić information content (AvgIpc) is 3.14. The fraction of sp³-hybridized carbons (Fsp3) is 0.211. The highest BCUT2D eigenvalue weighted by Gasteiger charge is 2.19. The monoisotopic (exact) mass is 397 g/mol. The Kier molecular flexibility index (Phi) is 6.38. The number of aromatic nitrogens is 3. The van der Waals surface area contributed by atoms with E-state index in [0.717, 1.165) is 5.75 Å². The number of amides is 1. The summed E-state index contributed by atoms with van der Waals surface area (Å²) in [6, 6.07) is 11.5. The Bertz CT molecular complexity index is 1020. The second-order valence-corrected chi connectivity index (χ2v) is 6.96. The second kappa shape index (κ2) is 9.14. The predicted octanol–water partition coefficient (Wildman–Crippen LogP) is 3.26. The molecular weight excluding hydrogens is 378 g/mol. The van der Waals surface area contributed by atoms with Crippen molar-refractivity contribution in [2.75, 3.05) is 12.0 Å². The maximum Gasteiger partial charge on any atom is 0.276 e. The van der Waals surface area contributed by atoms with E-state index in [4.69, 9.17) is 0 Å². The minimum absolute atomic E-state index is 0.0473. The van der Waals surface area contributed by atoms with Crippen molar-refractivity contribution in [1.82, 2.24) is 19.9 Å². The Morgan fingerprint density at radius 3 is 2.86 bits per heavy atom. The molecule has 28 heavy (non-hydrogen) atoms. The summed E-state index contributed by atoms with van der Waals surface area (Å²) >= 11 is 1.67. The third-order valence-electron chi connectivity index (χ3n) is 4.13.